The third-order valence-electron chi connectivity index (χ3n) is 5.17. The quantitative estimate of drug-likeness (QED) is 0.300. The first kappa shape index (κ1) is 23.2. The maximum Gasteiger partial charge on any atom is 0.227 e. The molecule has 33 heavy (non-hydrogen) atoms. The summed E-state index contributed by atoms with van der Waals surface area (Å²) in [6.45, 7) is 8.13. The van der Waals surface area contributed by atoms with Crippen molar-refractivity contribution in [3.8, 4) is 11.3 Å². The summed E-state index contributed by atoms with van der Waals surface area (Å²) < 4.78 is 6.29. The summed E-state index contributed by atoms with van der Waals surface area (Å²) in [6, 6.07) is 12.5. The van der Waals surface area contributed by atoms with Gasteiger partial charge in [-0.25, -0.2) is 4.98 Å². The number of anilines is 1. The Labute approximate surface area is 201 Å². The van der Waals surface area contributed by atoms with E-state index in [4.69, 9.17) is 9.51 Å². The first-order chi connectivity index (χ1) is 15.9. The zero-order valence-corrected chi connectivity index (χ0v) is 20.8. The summed E-state index contributed by atoms with van der Waals surface area (Å²) in [5, 5.41) is 9.11. The SMILES string of the molecule is Cc1ccc(-c2csc(SCc3noc(CCC(=O)Nc4c(C)cc(C)cc4C)n3)n2)cc1. The molecule has 0 aliphatic heterocycles. The second kappa shape index (κ2) is 10.3. The average molecular weight is 479 g/mol. The second-order valence-corrected chi connectivity index (χ2v) is 10.2. The Hall–Kier alpha value is -2.97. The van der Waals surface area contributed by atoms with Gasteiger partial charge in [0.25, 0.3) is 0 Å². The highest BCUT2D eigenvalue weighted by Gasteiger charge is 2.13. The number of benzene rings is 2. The molecule has 0 saturated heterocycles. The van der Waals surface area contributed by atoms with Gasteiger partial charge in [-0.1, -0.05) is 64.4 Å². The highest BCUT2D eigenvalue weighted by Crippen LogP contribution is 2.30. The molecule has 0 unspecified atom stereocenters. The van der Waals surface area contributed by atoms with Crippen LogP contribution in [-0.2, 0) is 17.0 Å². The van der Waals surface area contributed by atoms with Gasteiger partial charge >= 0.3 is 0 Å². The number of thioether (sulfide) groups is 1. The van der Waals surface area contributed by atoms with Gasteiger partial charge in [0.1, 0.15) is 0 Å². The summed E-state index contributed by atoms with van der Waals surface area (Å²) in [4.78, 5) is 21.5. The van der Waals surface area contributed by atoms with Crippen molar-refractivity contribution in [1.29, 1.82) is 0 Å². The molecule has 4 rings (SSSR count). The molecule has 8 heteroatoms. The maximum atomic E-state index is 12.4. The number of carbonyl (C=O) groups is 1. The lowest BCUT2D eigenvalue weighted by atomic mass is 10.0. The number of aromatic nitrogens is 3. The van der Waals surface area contributed by atoms with E-state index in [9.17, 15) is 4.79 Å². The molecule has 0 atom stereocenters. The van der Waals surface area contributed by atoms with Gasteiger partial charge in [0.15, 0.2) is 10.2 Å². The molecule has 2 aromatic carbocycles. The molecule has 0 aliphatic rings. The average Bonchev–Trinajstić information content (AvgIpc) is 3.43. The molecule has 2 aromatic heterocycles. The molecule has 0 radical (unpaired) electrons. The number of nitrogens with zero attached hydrogens (tertiary/aromatic N) is 3. The Bertz CT molecular complexity index is 1240. The third-order valence-corrected chi connectivity index (χ3v) is 7.19. The molecule has 0 aliphatic carbocycles. The van der Waals surface area contributed by atoms with Gasteiger partial charge in [0.05, 0.1) is 11.4 Å². The summed E-state index contributed by atoms with van der Waals surface area (Å²) >= 11 is 3.18. The minimum absolute atomic E-state index is 0.0643. The van der Waals surface area contributed by atoms with Crippen LogP contribution in [0.2, 0.25) is 0 Å². The third kappa shape index (κ3) is 6.09. The van der Waals surface area contributed by atoms with Gasteiger partial charge in [-0.2, -0.15) is 4.98 Å². The standard InChI is InChI=1S/C25H26N4O2S2/c1-15-5-7-19(8-6-15)20-13-32-25(26-20)33-14-21-27-23(31-29-21)10-9-22(30)28-24-17(3)11-16(2)12-18(24)4/h5-8,11-13H,9-10,14H2,1-4H3,(H,28,30). The number of hydrogen-bond acceptors (Lipinski definition) is 7. The van der Waals surface area contributed by atoms with E-state index in [0.29, 0.717) is 23.9 Å². The van der Waals surface area contributed by atoms with Crippen LogP contribution in [0, 0.1) is 27.7 Å². The molecular weight excluding hydrogens is 452 g/mol. The minimum atomic E-state index is -0.0643. The summed E-state index contributed by atoms with van der Waals surface area (Å²) in [5.74, 6) is 1.58. The highest BCUT2D eigenvalue weighted by molar-refractivity contribution is 8.00. The summed E-state index contributed by atoms with van der Waals surface area (Å²) in [5.41, 5.74) is 7.50. The first-order valence-electron chi connectivity index (χ1n) is 10.7. The van der Waals surface area contributed by atoms with E-state index in [1.165, 1.54) is 11.1 Å². The van der Waals surface area contributed by atoms with Crippen LogP contribution in [0.5, 0.6) is 0 Å². The number of amides is 1. The van der Waals surface area contributed by atoms with Crippen LogP contribution in [0.25, 0.3) is 11.3 Å². The Kier molecular flexibility index (Phi) is 7.25. The molecule has 0 fully saturated rings. The molecule has 170 valence electrons. The predicted octanol–water partition coefficient (Wildman–Crippen LogP) is 6.29. The molecule has 1 amide bonds. The van der Waals surface area contributed by atoms with E-state index in [0.717, 1.165) is 32.4 Å². The summed E-state index contributed by atoms with van der Waals surface area (Å²) in [7, 11) is 0. The van der Waals surface area contributed by atoms with Crippen molar-refractivity contribution in [2.75, 3.05) is 5.32 Å². The van der Waals surface area contributed by atoms with Gasteiger partial charge in [0, 0.05) is 29.5 Å². The maximum absolute atomic E-state index is 12.4. The fraction of sp³-hybridized carbons (Fsp3) is 0.280. The Morgan fingerprint density at radius 1 is 1.03 bits per heavy atom. The largest absolute Gasteiger partial charge is 0.339 e. The van der Waals surface area contributed by atoms with Crippen LogP contribution in [0.15, 0.2) is 50.6 Å². The fourth-order valence-corrected chi connectivity index (χ4v) is 5.23. The van der Waals surface area contributed by atoms with Gasteiger partial charge < -0.3 is 9.84 Å². The lowest BCUT2D eigenvalue weighted by molar-refractivity contribution is -0.116. The predicted molar refractivity (Wildman–Crippen MR) is 134 cm³/mol. The lowest BCUT2D eigenvalue weighted by Gasteiger charge is -2.12. The zero-order chi connectivity index (χ0) is 23.4. The molecule has 0 saturated carbocycles. The number of nitrogens with one attached hydrogen (secondary N) is 1. The van der Waals surface area contributed by atoms with Crippen molar-refractivity contribution in [1.82, 2.24) is 15.1 Å². The molecule has 0 bridgehead atoms. The zero-order valence-electron chi connectivity index (χ0n) is 19.1. The van der Waals surface area contributed by atoms with Crippen molar-refractivity contribution in [2.45, 2.75) is 50.6 Å². The van der Waals surface area contributed by atoms with Crippen LogP contribution in [0.3, 0.4) is 0 Å². The van der Waals surface area contributed by atoms with E-state index >= 15 is 0 Å². The molecule has 4 aromatic rings. The molecule has 1 N–H and O–H groups in total. The molecule has 0 spiro atoms. The Balaban J connectivity index is 1.27. The van der Waals surface area contributed by atoms with E-state index in [2.05, 4.69) is 71.1 Å². The minimum Gasteiger partial charge on any atom is -0.339 e. The number of rotatable bonds is 8. The molecule has 6 nitrogen and oxygen atoms in total. The normalized spacial score (nSPS) is 11.0. The molecular formula is C25H26N4O2S2. The van der Waals surface area contributed by atoms with Crippen LogP contribution < -0.4 is 5.32 Å². The number of hydrogen-bond donors (Lipinski definition) is 1. The van der Waals surface area contributed by atoms with Crippen LogP contribution in [-0.4, -0.2) is 21.0 Å². The number of carbonyl (C=O) groups excluding carboxylic acids is 1. The number of thiazole rings is 1. The van der Waals surface area contributed by atoms with Crippen molar-refractivity contribution in [3.05, 3.63) is 75.7 Å². The number of aryl methyl sites for hydroxylation is 5. The van der Waals surface area contributed by atoms with Gasteiger partial charge in [-0.15, -0.1) is 11.3 Å². The highest BCUT2D eigenvalue weighted by atomic mass is 32.2. The fourth-order valence-electron chi connectivity index (χ4n) is 3.56. The van der Waals surface area contributed by atoms with Gasteiger partial charge in [-0.05, 0) is 38.8 Å². The smallest absolute Gasteiger partial charge is 0.227 e. The van der Waals surface area contributed by atoms with Gasteiger partial charge in [-0.3, -0.25) is 4.79 Å². The van der Waals surface area contributed by atoms with E-state index in [1.807, 2.05) is 13.8 Å². The first-order valence-corrected chi connectivity index (χ1v) is 12.6. The van der Waals surface area contributed by atoms with Crippen molar-refractivity contribution in [2.24, 2.45) is 0 Å². The van der Waals surface area contributed by atoms with Gasteiger partial charge in [0.2, 0.25) is 11.8 Å². The van der Waals surface area contributed by atoms with E-state index in [-0.39, 0.29) is 12.3 Å². The Morgan fingerprint density at radius 2 is 1.76 bits per heavy atom. The monoisotopic (exact) mass is 478 g/mol. The van der Waals surface area contributed by atoms with Crippen LogP contribution in [0.1, 0.15) is 40.4 Å². The van der Waals surface area contributed by atoms with E-state index in [1.54, 1.807) is 23.1 Å². The van der Waals surface area contributed by atoms with Crippen molar-refractivity contribution in [3.63, 3.8) is 0 Å². The van der Waals surface area contributed by atoms with Crippen molar-refractivity contribution < 1.29 is 9.32 Å². The van der Waals surface area contributed by atoms with Crippen molar-refractivity contribution >= 4 is 34.7 Å². The summed E-state index contributed by atoms with van der Waals surface area (Å²) in [6.07, 6.45) is 0.691. The molecule has 2 heterocycles. The topological polar surface area (TPSA) is 80.9 Å². The Morgan fingerprint density at radius 3 is 2.48 bits per heavy atom. The second-order valence-electron chi connectivity index (χ2n) is 8.08. The van der Waals surface area contributed by atoms with Crippen LogP contribution >= 0.6 is 23.1 Å². The lowest BCUT2D eigenvalue weighted by Crippen LogP contribution is -2.14. The van der Waals surface area contributed by atoms with Crippen LogP contribution in [0.4, 0.5) is 5.69 Å². The van der Waals surface area contributed by atoms with E-state index < -0.39 is 0 Å².